The van der Waals surface area contributed by atoms with Crippen LogP contribution in [0.1, 0.15) is 50.2 Å². The fourth-order valence-electron chi connectivity index (χ4n) is 5.57. The number of hydrogen-bond acceptors (Lipinski definition) is 7. The van der Waals surface area contributed by atoms with E-state index in [0.29, 0.717) is 44.2 Å². The van der Waals surface area contributed by atoms with Gasteiger partial charge in [0.1, 0.15) is 5.75 Å². The third-order valence-corrected chi connectivity index (χ3v) is 7.41. The highest BCUT2D eigenvalue weighted by atomic mass is 16.7. The molecule has 0 spiro atoms. The van der Waals surface area contributed by atoms with Crippen molar-refractivity contribution >= 4 is 11.9 Å². The number of carboxylic acids is 1. The zero-order valence-electron chi connectivity index (χ0n) is 23.1. The van der Waals surface area contributed by atoms with Gasteiger partial charge in [-0.15, -0.1) is 0 Å². The van der Waals surface area contributed by atoms with Crippen LogP contribution in [0, 0.1) is 5.92 Å². The molecular weight excluding hydrogens is 500 g/mol. The Morgan fingerprint density at radius 3 is 2.62 bits per heavy atom. The quantitative estimate of drug-likeness (QED) is 0.357. The van der Waals surface area contributed by atoms with E-state index < -0.39 is 17.9 Å². The third kappa shape index (κ3) is 6.83. The molecule has 1 N–H and O–H groups in total. The molecule has 0 aliphatic carbocycles. The van der Waals surface area contributed by atoms with E-state index in [9.17, 15) is 14.7 Å². The molecule has 0 aromatic heterocycles. The van der Waals surface area contributed by atoms with Crippen LogP contribution in [-0.2, 0) is 20.8 Å². The number of aliphatic carboxylic acids is 1. The number of methoxy groups -OCH3 is 1. The summed E-state index contributed by atoms with van der Waals surface area (Å²) in [6.45, 7) is 6.40. The van der Waals surface area contributed by atoms with Crippen LogP contribution in [0.25, 0.3) is 0 Å². The predicted octanol–water partition coefficient (Wildman–Crippen LogP) is 4.15. The van der Waals surface area contributed by atoms with E-state index in [1.165, 1.54) is 5.06 Å². The van der Waals surface area contributed by atoms with Crippen molar-refractivity contribution < 1.29 is 33.7 Å². The van der Waals surface area contributed by atoms with Gasteiger partial charge in [0.2, 0.25) is 0 Å². The van der Waals surface area contributed by atoms with E-state index in [4.69, 9.17) is 19.0 Å². The Labute approximate surface area is 230 Å². The van der Waals surface area contributed by atoms with Crippen LogP contribution in [0.3, 0.4) is 0 Å². The van der Waals surface area contributed by atoms with Crippen LogP contribution >= 0.6 is 0 Å². The van der Waals surface area contributed by atoms with Crippen molar-refractivity contribution in [3.05, 3.63) is 53.6 Å². The molecule has 0 radical (unpaired) electrons. The summed E-state index contributed by atoms with van der Waals surface area (Å²) >= 11 is 0. The molecule has 3 atom stereocenters. The lowest BCUT2D eigenvalue weighted by molar-refractivity contribution is -0.188. The minimum absolute atomic E-state index is 0.0807. The number of carbonyl (C=O) groups excluding carboxylic acids is 1. The Morgan fingerprint density at radius 1 is 1.10 bits per heavy atom. The molecule has 2 aliphatic heterocycles. The highest BCUT2D eigenvalue weighted by Crippen LogP contribution is 2.41. The Morgan fingerprint density at radius 2 is 1.90 bits per heavy atom. The monoisotopic (exact) mass is 540 g/mol. The highest BCUT2D eigenvalue weighted by molar-refractivity contribution is 5.78. The Hall–Kier alpha value is -3.30. The number of carboxylic acid groups (broad SMARTS) is 1. The zero-order valence-corrected chi connectivity index (χ0v) is 23.1. The lowest BCUT2D eigenvalue weighted by atomic mass is 9.83. The highest BCUT2D eigenvalue weighted by Gasteiger charge is 2.47. The van der Waals surface area contributed by atoms with E-state index >= 15 is 0 Å². The van der Waals surface area contributed by atoms with Gasteiger partial charge in [0, 0.05) is 31.5 Å². The van der Waals surface area contributed by atoms with Gasteiger partial charge in [-0.25, -0.2) is 5.06 Å². The first-order chi connectivity index (χ1) is 19.0. The first-order valence-electron chi connectivity index (χ1n) is 13.9. The minimum atomic E-state index is -0.873. The summed E-state index contributed by atoms with van der Waals surface area (Å²) in [6.07, 6.45) is 2.82. The maximum atomic E-state index is 13.3. The molecule has 2 aliphatic rings. The third-order valence-electron chi connectivity index (χ3n) is 7.41. The molecule has 2 heterocycles. The number of fused-ring (bicyclic) bond motifs is 1. The first-order valence-corrected chi connectivity index (χ1v) is 13.9. The van der Waals surface area contributed by atoms with Gasteiger partial charge in [-0.2, -0.15) is 0 Å². The van der Waals surface area contributed by atoms with Crippen LogP contribution < -0.4 is 14.2 Å². The molecule has 2 aromatic carbocycles. The van der Waals surface area contributed by atoms with Gasteiger partial charge in [0.25, 0.3) is 5.91 Å². The summed E-state index contributed by atoms with van der Waals surface area (Å²) < 4.78 is 17.1. The van der Waals surface area contributed by atoms with Crippen LogP contribution in [0.5, 0.6) is 17.2 Å². The molecular formula is C30H40N2O7. The van der Waals surface area contributed by atoms with Crippen molar-refractivity contribution in [1.29, 1.82) is 0 Å². The summed E-state index contributed by atoms with van der Waals surface area (Å²) in [5, 5.41) is 11.9. The van der Waals surface area contributed by atoms with Crippen LogP contribution in [0.4, 0.5) is 0 Å². The number of hydrogen-bond donors (Lipinski definition) is 1. The van der Waals surface area contributed by atoms with Crippen molar-refractivity contribution in [3.63, 3.8) is 0 Å². The van der Waals surface area contributed by atoms with E-state index in [0.717, 1.165) is 36.1 Å². The molecule has 2 aromatic rings. The van der Waals surface area contributed by atoms with Crippen LogP contribution in [0.2, 0.25) is 0 Å². The van der Waals surface area contributed by atoms with E-state index in [1.807, 2.05) is 55.1 Å². The number of benzene rings is 2. The van der Waals surface area contributed by atoms with Crippen molar-refractivity contribution in [2.75, 3.05) is 46.6 Å². The topological polar surface area (TPSA) is 97.8 Å². The van der Waals surface area contributed by atoms with Crippen molar-refractivity contribution in [3.8, 4) is 17.2 Å². The minimum Gasteiger partial charge on any atom is -0.493 e. The molecule has 1 unspecified atom stereocenters. The number of ether oxygens (including phenoxy) is 3. The standard InChI is InChI=1S/C30H40N2O7/c1-4-14-32(39-15-5-2)28(33)20-31-19-23(21-10-11-25-22(18-21)12-16-37-25)29(30(34)35)24(31)13-17-38-27-9-7-6-8-26(27)36-3/h6-11,18,23-24,29H,4-5,12-17,19-20H2,1-3H3,(H,34,35)/t23-,24+,29?/m1/s1. The summed E-state index contributed by atoms with van der Waals surface area (Å²) in [5.74, 6) is 0.0803. The number of amides is 1. The van der Waals surface area contributed by atoms with Crippen molar-refractivity contribution in [1.82, 2.24) is 9.96 Å². The van der Waals surface area contributed by atoms with Crippen LogP contribution in [0.15, 0.2) is 42.5 Å². The predicted molar refractivity (Wildman–Crippen MR) is 146 cm³/mol. The van der Waals surface area contributed by atoms with Gasteiger partial charge in [0.15, 0.2) is 11.5 Å². The lowest BCUT2D eigenvalue weighted by Gasteiger charge is -2.29. The fourth-order valence-corrected chi connectivity index (χ4v) is 5.57. The number of hydroxylamine groups is 2. The van der Waals surface area contributed by atoms with E-state index in [-0.39, 0.29) is 25.0 Å². The molecule has 1 saturated heterocycles. The second kappa shape index (κ2) is 13.7. The van der Waals surface area contributed by atoms with Crippen molar-refractivity contribution in [2.45, 2.75) is 51.5 Å². The first kappa shape index (κ1) is 28.7. The number of carbonyl (C=O) groups is 2. The average molecular weight is 541 g/mol. The summed E-state index contributed by atoms with van der Waals surface area (Å²) in [7, 11) is 1.59. The average Bonchev–Trinajstić information content (AvgIpc) is 3.55. The molecule has 212 valence electrons. The van der Waals surface area contributed by atoms with Gasteiger partial charge in [-0.05, 0) is 48.6 Å². The summed E-state index contributed by atoms with van der Waals surface area (Å²) in [6, 6.07) is 13.0. The summed E-state index contributed by atoms with van der Waals surface area (Å²) in [4.78, 5) is 33.8. The lowest BCUT2D eigenvalue weighted by Crippen LogP contribution is -2.45. The number of rotatable bonds is 14. The van der Waals surface area contributed by atoms with Gasteiger partial charge in [-0.1, -0.05) is 38.1 Å². The SMILES string of the molecule is CCCON(CCC)C(=O)CN1C[C@H](c2ccc3c(c2)CCO3)C(C(=O)O)[C@@H]1CCOc1ccccc1OC. The number of para-hydroxylation sites is 2. The van der Waals surface area contributed by atoms with E-state index in [1.54, 1.807) is 7.11 Å². The van der Waals surface area contributed by atoms with Gasteiger partial charge in [0.05, 0.1) is 39.4 Å². The van der Waals surface area contributed by atoms with E-state index in [2.05, 4.69) is 6.07 Å². The molecule has 4 rings (SSSR count). The zero-order chi connectivity index (χ0) is 27.8. The Kier molecular flexibility index (Phi) is 10.1. The normalized spacial score (nSPS) is 20.3. The molecule has 1 amide bonds. The Balaban J connectivity index is 1.57. The summed E-state index contributed by atoms with van der Waals surface area (Å²) in [5.41, 5.74) is 2.06. The second-order valence-corrected chi connectivity index (χ2v) is 10.0. The second-order valence-electron chi connectivity index (χ2n) is 10.0. The molecule has 0 bridgehead atoms. The molecule has 9 heteroatoms. The molecule has 39 heavy (non-hydrogen) atoms. The maximum absolute atomic E-state index is 13.3. The largest absolute Gasteiger partial charge is 0.493 e. The number of nitrogens with zero attached hydrogens (tertiary/aromatic N) is 2. The van der Waals surface area contributed by atoms with Gasteiger partial charge >= 0.3 is 5.97 Å². The Bertz CT molecular complexity index is 1120. The van der Waals surface area contributed by atoms with Crippen molar-refractivity contribution in [2.24, 2.45) is 5.92 Å². The molecule has 0 saturated carbocycles. The van der Waals surface area contributed by atoms with Gasteiger partial charge in [-0.3, -0.25) is 19.3 Å². The number of likely N-dealkylation sites (tertiary alicyclic amines) is 1. The van der Waals surface area contributed by atoms with Gasteiger partial charge < -0.3 is 19.3 Å². The maximum Gasteiger partial charge on any atom is 0.308 e. The molecule has 9 nitrogen and oxygen atoms in total. The molecule has 1 fully saturated rings. The smallest absolute Gasteiger partial charge is 0.308 e. The fraction of sp³-hybridized carbons (Fsp3) is 0.533. The van der Waals surface area contributed by atoms with Crippen LogP contribution in [-0.4, -0.2) is 79.6 Å².